The number of aryl methyl sites for hydroxylation is 1. The fourth-order valence-corrected chi connectivity index (χ4v) is 3.35. The number of carbonyl (C=O) groups is 2. The SMILES string of the molecule is Cc1cc(C(=O)NC2(CC(=O)O)CCC2)c(C)n1C(C)C. The van der Waals surface area contributed by atoms with E-state index >= 15 is 0 Å². The van der Waals surface area contributed by atoms with Crippen LogP contribution in [0.4, 0.5) is 0 Å². The molecule has 1 aromatic rings. The Morgan fingerprint density at radius 1 is 1.38 bits per heavy atom. The van der Waals surface area contributed by atoms with Gasteiger partial charge in [-0.15, -0.1) is 0 Å². The van der Waals surface area contributed by atoms with Gasteiger partial charge in [-0.3, -0.25) is 9.59 Å². The smallest absolute Gasteiger partial charge is 0.305 e. The molecule has 0 saturated heterocycles. The first-order chi connectivity index (χ1) is 9.76. The minimum absolute atomic E-state index is 0.00165. The summed E-state index contributed by atoms with van der Waals surface area (Å²) < 4.78 is 2.12. The zero-order valence-electron chi connectivity index (χ0n) is 13.2. The van der Waals surface area contributed by atoms with E-state index in [1.807, 2.05) is 19.9 Å². The van der Waals surface area contributed by atoms with E-state index in [0.717, 1.165) is 30.7 Å². The number of nitrogens with zero attached hydrogens (tertiary/aromatic N) is 1. The van der Waals surface area contributed by atoms with E-state index in [1.165, 1.54) is 0 Å². The first-order valence-electron chi connectivity index (χ1n) is 7.48. The second-order valence-corrected chi connectivity index (χ2v) is 6.41. The van der Waals surface area contributed by atoms with Crippen molar-refractivity contribution in [2.45, 2.75) is 65.0 Å². The van der Waals surface area contributed by atoms with Gasteiger partial charge in [0.15, 0.2) is 0 Å². The van der Waals surface area contributed by atoms with Crippen molar-refractivity contribution in [3.8, 4) is 0 Å². The van der Waals surface area contributed by atoms with Crippen LogP contribution >= 0.6 is 0 Å². The molecule has 0 radical (unpaired) electrons. The monoisotopic (exact) mass is 292 g/mol. The summed E-state index contributed by atoms with van der Waals surface area (Å²) in [7, 11) is 0. The fraction of sp³-hybridized carbons (Fsp3) is 0.625. The number of amides is 1. The summed E-state index contributed by atoms with van der Waals surface area (Å²) in [6.45, 7) is 8.09. The van der Waals surface area contributed by atoms with Crippen LogP contribution in [0.15, 0.2) is 6.07 Å². The molecule has 5 heteroatoms. The Hall–Kier alpha value is -1.78. The Bertz CT molecular complexity index is 568. The van der Waals surface area contributed by atoms with Crippen LogP contribution in [0.5, 0.6) is 0 Å². The fourth-order valence-electron chi connectivity index (χ4n) is 3.35. The number of aromatic nitrogens is 1. The number of carboxylic acid groups (broad SMARTS) is 1. The topological polar surface area (TPSA) is 71.3 Å². The molecule has 116 valence electrons. The average Bonchev–Trinajstić information content (AvgIpc) is 2.61. The molecule has 1 fully saturated rings. The second-order valence-electron chi connectivity index (χ2n) is 6.41. The number of hydrogen-bond donors (Lipinski definition) is 2. The van der Waals surface area contributed by atoms with Crippen molar-refractivity contribution in [1.82, 2.24) is 9.88 Å². The van der Waals surface area contributed by atoms with Gasteiger partial charge < -0.3 is 15.0 Å². The lowest BCUT2D eigenvalue weighted by molar-refractivity contribution is -0.139. The zero-order valence-corrected chi connectivity index (χ0v) is 13.2. The van der Waals surface area contributed by atoms with Gasteiger partial charge in [0, 0.05) is 17.4 Å². The number of carboxylic acids is 1. The predicted octanol–water partition coefficient (Wildman–Crippen LogP) is 2.81. The maximum absolute atomic E-state index is 12.5. The highest BCUT2D eigenvalue weighted by Crippen LogP contribution is 2.35. The molecule has 1 heterocycles. The molecule has 2 N–H and O–H groups in total. The molecule has 0 unspecified atom stereocenters. The van der Waals surface area contributed by atoms with Gasteiger partial charge in [0.05, 0.1) is 17.5 Å². The van der Waals surface area contributed by atoms with E-state index in [-0.39, 0.29) is 12.3 Å². The van der Waals surface area contributed by atoms with Crippen molar-refractivity contribution in [1.29, 1.82) is 0 Å². The van der Waals surface area contributed by atoms with Crippen molar-refractivity contribution in [3.63, 3.8) is 0 Å². The average molecular weight is 292 g/mol. The molecule has 1 amide bonds. The van der Waals surface area contributed by atoms with Crippen LogP contribution in [0.1, 0.15) is 67.3 Å². The number of nitrogens with one attached hydrogen (secondary N) is 1. The summed E-state index contributed by atoms with van der Waals surface area (Å²) in [6, 6.07) is 2.18. The molecule has 0 aromatic carbocycles. The molecule has 21 heavy (non-hydrogen) atoms. The van der Waals surface area contributed by atoms with Crippen LogP contribution in [-0.2, 0) is 4.79 Å². The Labute approximate surface area is 125 Å². The third-order valence-electron chi connectivity index (χ3n) is 4.42. The normalized spacial score (nSPS) is 16.6. The molecular weight excluding hydrogens is 268 g/mol. The quantitative estimate of drug-likeness (QED) is 0.876. The third-order valence-corrected chi connectivity index (χ3v) is 4.42. The molecule has 1 aliphatic carbocycles. The number of rotatable bonds is 5. The Morgan fingerprint density at radius 3 is 2.38 bits per heavy atom. The Kier molecular flexibility index (Phi) is 4.12. The van der Waals surface area contributed by atoms with Gasteiger partial charge in [0.2, 0.25) is 0 Å². The largest absolute Gasteiger partial charge is 0.481 e. The second kappa shape index (κ2) is 5.54. The highest BCUT2D eigenvalue weighted by atomic mass is 16.4. The standard InChI is InChI=1S/C16H24N2O3/c1-10(2)18-11(3)8-13(12(18)4)15(21)17-16(6-5-7-16)9-14(19)20/h8,10H,5-7,9H2,1-4H3,(H,17,21)(H,19,20). The van der Waals surface area contributed by atoms with Crippen LogP contribution in [-0.4, -0.2) is 27.1 Å². The van der Waals surface area contributed by atoms with Gasteiger partial charge in [-0.05, 0) is 53.0 Å². The van der Waals surface area contributed by atoms with E-state index in [4.69, 9.17) is 5.11 Å². The van der Waals surface area contributed by atoms with Gasteiger partial charge in [-0.25, -0.2) is 0 Å². The summed E-state index contributed by atoms with van der Waals surface area (Å²) in [5.41, 5.74) is 2.08. The molecule has 1 saturated carbocycles. The van der Waals surface area contributed by atoms with E-state index in [9.17, 15) is 9.59 Å². The van der Waals surface area contributed by atoms with Gasteiger partial charge in [-0.1, -0.05) is 0 Å². The zero-order chi connectivity index (χ0) is 15.8. The van der Waals surface area contributed by atoms with E-state index in [0.29, 0.717) is 11.6 Å². The van der Waals surface area contributed by atoms with Crippen molar-refractivity contribution < 1.29 is 14.7 Å². The van der Waals surface area contributed by atoms with Crippen molar-refractivity contribution in [3.05, 3.63) is 23.0 Å². The van der Waals surface area contributed by atoms with Crippen molar-refractivity contribution in [2.24, 2.45) is 0 Å². The van der Waals surface area contributed by atoms with Crippen molar-refractivity contribution in [2.75, 3.05) is 0 Å². The first kappa shape index (κ1) is 15.6. The summed E-state index contributed by atoms with van der Waals surface area (Å²) in [4.78, 5) is 23.5. The summed E-state index contributed by atoms with van der Waals surface area (Å²) >= 11 is 0. The molecule has 0 bridgehead atoms. The highest BCUT2D eigenvalue weighted by Gasteiger charge is 2.40. The molecule has 0 spiro atoms. The molecule has 0 atom stereocenters. The molecule has 5 nitrogen and oxygen atoms in total. The minimum Gasteiger partial charge on any atom is -0.481 e. The predicted molar refractivity (Wildman–Crippen MR) is 80.6 cm³/mol. The summed E-state index contributed by atoms with van der Waals surface area (Å²) in [5, 5.41) is 12.0. The van der Waals surface area contributed by atoms with Gasteiger partial charge >= 0.3 is 5.97 Å². The van der Waals surface area contributed by atoms with Gasteiger partial charge in [-0.2, -0.15) is 0 Å². The number of hydrogen-bond acceptors (Lipinski definition) is 2. The Balaban J connectivity index is 2.21. The van der Waals surface area contributed by atoms with E-state index in [1.54, 1.807) is 0 Å². The highest BCUT2D eigenvalue weighted by molar-refractivity contribution is 5.96. The molecule has 1 aromatic heterocycles. The lowest BCUT2D eigenvalue weighted by Crippen LogP contribution is -2.54. The van der Waals surface area contributed by atoms with Crippen molar-refractivity contribution >= 4 is 11.9 Å². The van der Waals surface area contributed by atoms with Crippen LogP contribution < -0.4 is 5.32 Å². The molecule has 1 aliphatic rings. The minimum atomic E-state index is -0.859. The van der Waals surface area contributed by atoms with E-state index in [2.05, 4.69) is 23.7 Å². The third kappa shape index (κ3) is 2.96. The molecule has 2 rings (SSSR count). The van der Waals surface area contributed by atoms with E-state index < -0.39 is 11.5 Å². The first-order valence-corrected chi connectivity index (χ1v) is 7.48. The maximum Gasteiger partial charge on any atom is 0.305 e. The van der Waals surface area contributed by atoms with Crippen LogP contribution in [0.25, 0.3) is 0 Å². The Morgan fingerprint density at radius 2 is 2.00 bits per heavy atom. The van der Waals surface area contributed by atoms with Gasteiger partial charge in [0.25, 0.3) is 5.91 Å². The van der Waals surface area contributed by atoms with Crippen LogP contribution in [0.2, 0.25) is 0 Å². The lowest BCUT2D eigenvalue weighted by atomic mass is 9.74. The van der Waals surface area contributed by atoms with Gasteiger partial charge in [0.1, 0.15) is 0 Å². The van der Waals surface area contributed by atoms with Crippen LogP contribution in [0, 0.1) is 13.8 Å². The number of carbonyl (C=O) groups excluding carboxylic acids is 1. The molecule has 0 aliphatic heterocycles. The van der Waals surface area contributed by atoms with Crippen LogP contribution in [0.3, 0.4) is 0 Å². The number of aliphatic carboxylic acids is 1. The maximum atomic E-state index is 12.5. The summed E-state index contributed by atoms with van der Waals surface area (Å²) in [5.74, 6) is -1.02. The summed E-state index contributed by atoms with van der Waals surface area (Å²) in [6.07, 6.45) is 2.46. The lowest BCUT2D eigenvalue weighted by Gasteiger charge is -2.41. The molecular formula is C16H24N2O3.